The average molecular weight is 272 g/mol. The van der Waals surface area contributed by atoms with Crippen molar-refractivity contribution < 1.29 is 14.3 Å². The van der Waals surface area contributed by atoms with Crippen LogP contribution in [-0.2, 0) is 14.3 Å². The van der Waals surface area contributed by atoms with Crippen molar-refractivity contribution in [3.63, 3.8) is 0 Å². The van der Waals surface area contributed by atoms with E-state index in [2.05, 4.69) is 4.90 Å². The number of hydrogen-bond donors (Lipinski definition) is 2. The molecule has 2 rings (SSSR count). The van der Waals surface area contributed by atoms with Crippen LogP contribution < -0.4 is 11.5 Å². The van der Waals surface area contributed by atoms with Crippen LogP contribution in [0.1, 0.15) is 12.8 Å². The normalized spacial score (nSPS) is 20.6. The summed E-state index contributed by atoms with van der Waals surface area (Å²) < 4.78 is 5.09. The standard InChI is InChI=1S/C6H12N2O2.C6H12N2O/c7-6(9)5-8-1-3-10-4-2-8;7-6(9)5-8-3-1-2-4-8/h1-5H2,(H2,7,9);1-5H2,(H2,7,9). The Hall–Kier alpha value is -1.18. The first-order chi connectivity index (χ1) is 9.08. The Balaban J connectivity index is 0.000000191. The maximum Gasteiger partial charge on any atom is 0.231 e. The second-order valence-corrected chi connectivity index (χ2v) is 4.80. The van der Waals surface area contributed by atoms with Crippen LogP contribution in [0.5, 0.6) is 0 Å². The number of nitrogens with zero attached hydrogens (tertiary/aromatic N) is 2. The molecule has 2 saturated heterocycles. The van der Waals surface area contributed by atoms with Gasteiger partial charge in [-0.3, -0.25) is 19.4 Å². The van der Waals surface area contributed by atoms with Gasteiger partial charge in [-0.1, -0.05) is 0 Å². The van der Waals surface area contributed by atoms with Crippen molar-refractivity contribution in [1.82, 2.24) is 9.80 Å². The van der Waals surface area contributed by atoms with Crippen LogP contribution >= 0.6 is 0 Å². The van der Waals surface area contributed by atoms with E-state index >= 15 is 0 Å². The van der Waals surface area contributed by atoms with Crippen LogP contribution in [-0.4, -0.2) is 74.1 Å². The van der Waals surface area contributed by atoms with Gasteiger partial charge >= 0.3 is 0 Å². The molecule has 2 amide bonds. The lowest BCUT2D eigenvalue weighted by molar-refractivity contribution is -0.120. The molecule has 0 unspecified atom stereocenters. The topological polar surface area (TPSA) is 102 Å². The van der Waals surface area contributed by atoms with Gasteiger partial charge in [0.05, 0.1) is 26.3 Å². The van der Waals surface area contributed by atoms with Crippen molar-refractivity contribution in [2.45, 2.75) is 12.8 Å². The fraction of sp³-hybridized carbons (Fsp3) is 0.833. The summed E-state index contributed by atoms with van der Waals surface area (Å²) in [4.78, 5) is 24.8. The third-order valence-electron chi connectivity index (χ3n) is 3.06. The van der Waals surface area contributed by atoms with Crippen molar-refractivity contribution in [1.29, 1.82) is 0 Å². The molecule has 7 nitrogen and oxygen atoms in total. The Kier molecular flexibility index (Phi) is 7.39. The van der Waals surface area contributed by atoms with Gasteiger partial charge in [0, 0.05) is 13.1 Å². The average Bonchev–Trinajstić information content (AvgIpc) is 2.82. The van der Waals surface area contributed by atoms with E-state index in [1.807, 2.05) is 4.90 Å². The van der Waals surface area contributed by atoms with E-state index in [0.717, 1.165) is 26.2 Å². The number of primary amides is 2. The van der Waals surface area contributed by atoms with Crippen molar-refractivity contribution in [3.05, 3.63) is 0 Å². The van der Waals surface area contributed by atoms with E-state index in [1.54, 1.807) is 0 Å². The Morgan fingerprint density at radius 3 is 1.68 bits per heavy atom. The molecule has 2 fully saturated rings. The molecule has 19 heavy (non-hydrogen) atoms. The molecule has 0 aliphatic carbocycles. The quantitative estimate of drug-likeness (QED) is 0.640. The first kappa shape index (κ1) is 15.9. The number of likely N-dealkylation sites (tertiary alicyclic amines) is 1. The lowest BCUT2D eigenvalue weighted by Crippen LogP contribution is -2.41. The summed E-state index contributed by atoms with van der Waals surface area (Å²) in [5.74, 6) is -0.473. The predicted octanol–water partition coefficient (Wildman–Crippen LogP) is -1.63. The minimum Gasteiger partial charge on any atom is -0.379 e. The van der Waals surface area contributed by atoms with Gasteiger partial charge < -0.3 is 16.2 Å². The number of carbonyl (C=O) groups is 2. The first-order valence-corrected chi connectivity index (χ1v) is 6.67. The molecule has 110 valence electrons. The van der Waals surface area contributed by atoms with Crippen molar-refractivity contribution >= 4 is 11.8 Å². The smallest absolute Gasteiger partial charge is 0.231 e. The number of carbonyl (C=O) groups excluding carboxylic acids is 2. The van der Waals surface area contributed by atoms with Crippen LogP contribution in [0.25, 0.3) is 0 Å². The van der Waals surface area contributed by atoms with Gasteiger partial charge in [0.1, 0.15) is 0 Å². The summed E-state index contributed by atoms with van der Waals surface area (Å²) in [7, 11) is 0. The van der Waals surface area contributed by atoms with E-state index < -0.39 is 0 Å². The minimum absolute atomic E-state index is 0.211. The van der Waals surface area contributed by atoms with Gasteiger partial charge in [-0.15, -0.1) is 0 Å². The second-order valence-electron chi connectivity index (χ2n) is 4.80. The van der Waals surface area contributed by atoms with Gasteiger partial charge in [-0.2, -0.15) is 0 Å². The maximum atomic E-state index is 10.4. The zero-order valence-corrected chi connectivity index (χ0v) is 11.3. The Bertz CT molecular complexity index is 287. The third kappa shape index (κ3) is 7.76. The lowest BCUT2D eigenvalue weighted by atomic mass is 10.4. The summed E-state index contributed by atoms with van der Waals surface area (Å²) in [6.45, 7) is 5.97. The van der Waals surface area contributed by atoms with E-state index in [-0.39, 0.29) is 11.8 Å². The molecule has 4 N–H and O–H groups in total. The highest BCUT2D eigenvalue weighted by molar-refractivity contribution is 5.76. The van der Waals surface area contributed by atoms with Crippen LogP contribution in [0.3, 0.4) is 0 Å². The molecular formula is C12H24N4O3. The van der Waals surface area contributed by atoms with Crippen LogP contribution in [0.2, 0.25) is 0 Å². The van der Waals surface area contributed by atoms with Gasteiger partial charge in [-0.05, 0) is 25.9 Å². The summed E-state index contributed by atoms with van der Waals surface area (Å²) in [6.07, 6.45) is 2.43. The van der Waals surface area contributed by atoms with Crippen molar-refractivity contribution in [2.24, 2.45) is 11.5 Å². The summed E-state index contributed by atoms with van der Waals surface area (Å²) >= 11 is 0. The Labute approximate surface area is 113 Å². The minimum atomic E-state index is -0.262. The fourth-order valence-corrected chi connectivity index (χ4v) is 2.14. The fourth-order valence-electron chi connectivity index (χ4n) is 2.14. The van der Waals surface area contributed by atoms with Crippen LogP contribution in [0.15, 0.2) is 0 Å². The van der Waals surface area contributed by atoms with Gasteiger partial charge in [0.2, 0.25) is 11.8 Å². The largest absolute Gasteiger partial charge is 0.379 e. The highest BCUT2D eigenvalue weighted by Gasteiger charge is 2.12. The molecule has 0 bridgehead atoms. The molecule has 0 aromatic carbocycles. The zero-order chi connectivity index (χ0) is 14.1. The molecular weight excluding hydrogens is 248 g/mol. The van der Waals surface area contributed by atoms with E-state index in [1.165, 1.54) is 12.8 Å². The number of nitrogens with two attached hydrogens (primary N) is 2. The molecule has 0 radical (unpaired) electrons. The number of rotatable bonds is 4. The molecule has 0 atom stereocenters. The Morgan fingerprint density at radius 2 is 1.26 bits per heavy atom. The van der Waals surface area contributed by atoms with Crippen LogP contribution in [0, 0.1) is 0 Å². The Morgan fingerprint density at radius 1 is 0.842 bits per heavy atom. The van der Waals surface area contributed by atoms with Gasteiger partial charge in [0.25, 0.3) is 0 Å². The number of ether oxygens (including phenoxy) is 1. The molecule has 0 spiro atoms. The van der Waals surface area contributed by atoms with E-state index in [4.69, 9.17) is 16.2 Å². The van der Waals surface area contributed by atoms with Gasteiger partial charge in [-0.25, -0.2) is 0 Å². The van der Waals surface area contributed by atoms with E-state index in [0.29, 0.717) is 26.3 Å². The second kappa shape index (κ2) is 8.84. The molecule has 7 heteroatoms. The van der Waals surface area contributed by atoms with E-state index in [9.17, 15) is 9.59 Å². The third-order valence-corrected chi connectivity index (χ3v) is 3.06. The van der Waals surface area contributed by atoms with Crippen molar-refractivity contribution in [3.8, 4) is 0 Å². The monoisotopic (exact) mass is 272 g/mol. The predicted molar refractivity (Wildman–Crippen MR) is 71.3 cm³/mol. The first-order valence-electron chi connectivity index (χ1n) is 6.67. The zero-order valence-electron chi connectivity index (χ0n) is 11.3. The molecule has 0 aromatic rings. The summed E-state index contributed by atoms with van der Waals surface area (Å²) in [6, 6.07) is 0. The molecule has 0 aromatic heterocycles. The number of morpholine rings is 1. The number of amides is 2. The highest BCUT2D eigenvalue weighted by atomic mass is 16.5. The highest BCUT2D eigenvalue weighted by Crippen LogP contribution is 2.05. The van der Waals surface area contributed by atoms with Gasteiger partial charge in [0.15, 0.2) is 0 Å². The van der Waals surface area contributed by atoms with Crippen molar-refractivity contribution in [2.75, 3.05) is 52.5 Å². The molecule has 0 saturated carbocycles. The lowest BCUT2D eigenvalue weighted by Gasteiger charge is -2.24. The molecule has 2 heterocycles. The SMILES string of the molecule is NC(=O)CN1CCCC1.NC(=O)CN1CCOCC1. The maximum absolute atomic E-state index is 10.4. The molecule has 2 aliphatic heterocycles. The summed E-state index contributed by atoms with van der Waals surface area (Å²) in [5.41, 5.74) is 9.99. The van der Waals surface area contributed by atoms with Crippen LogP contribution in [0.4, 0.5) is 0 Å². The molecule has 2 aliphatic rings. The summed E-state index contributed by atoms with van der Waals surface area (Å²) in [5, 5.41) is 0. The number of hydrogen-bond acceptors (Lipinski definition) is 5.